The molecule has 1 heterocycles. The molecular weight excluding hydrogens is 352 g/mol. The number of hydrogen-bond donors (Lipinski definition) is 6. The maximum atomic E-state index is 10.9. The molecule has 0 aliphatic carbocycles. The normalized spacial score (nSPS) is 10.9. The van der Waals surface area contributed by atoms with E-state index in [1.165, 1.54) is 0 Å². The number of rotatable bonds is 4. The summed E-state index contributed by atoms with van der Waals surface area (Å²) < 4.78 is 0. The Balaban J connectivity index is 1.79. The van der Waals surface area contributed by atoms with Gasteiger partial charge in [-0.3, -0.25) is 10.8 Å². The molecule has 7 nitrogen and oxygen atoms in total. The third-order valence-electron chi connectivity index (χ3n) is 4.59. The van der Waals surface area contributed by atoms with E-state index in [-0.39, 0.29) is 17.4 Å². The number of nitrogens with zero attached hydrogens (tertiary/aromatic N) is 1. The van der Waals surface area contributed by atoms with Crippen molar-refractivity contribution in [3.05, 3.63) is 71.8 Å². The number of amidine groups is 2. The summed E-state index contributed by atoms with van der Waals surface area (Å²) in [6.07, 6.45) is 0. The minimum Gasteiger partial charge on any atom is -0.507 e. The number of benzene rings is 3. The number of aromatic hydroxyl groups is 1. The van der Waals surface area contributed by atoms with Crippen LogP contribution in [0.3, 0.4) is 0 Å². The van der Waals surface area contributed by atoms with E-state index in [0.717, 1.165) is 11.1 Å². The number of nitrogen functional groups attached to an aromatic ring is 2. The van der Waals surface area contributed by atoms with Crippen LogP contribution in [-0.4, -0.2) is 26.7 Å². The van der Waals surface area contributed by atoms with E-state index in [2.05, 4.69) is 9.97 Å². The molecule has 8 N–H and O–H groups in total. The third-order valence-corrected chi connectivity index (χ3v) is 4.59. The van der Waals surface area contributed by atoms with Crippen molar-refractivity contribution < 1.29 is 5.11 Å². The van der Waals surface area contributed by atoms with Crippen LogP contribution in [0.1, 0.15) is 11.1 Å². The summed E-state index contributed by atoms with van der Waals surface area (Å²) in [5.41, 5.74) is 15.7. The number of imidazole rings is 1. The predicted octanol–water partition coefficient (Wildman–Crippen LogP) is 3.17. The Morgan fingerprint density at radius 1 is 0.857 bits per heavy atom. The molecule has 4 rings (SSSR count). The number of H-pyrrole nitrogens is 1. The lowest BCUT2D eigenvalue weighted by atomic mass is 10.00. The van der Waals surface area contributed by atoms with Crippen molar-refractivity contribution in [1.82, 2.24) is 9.97 Å². The van der Waals surface area contributed by atoms with Crippen LogP contribution in [-0.2, 0) is 0 Å². The van der Waals surface area contributed by atoms with E-state index >= 15 is 0 Å². The number of nitrogens with two attached hydrogens (primary N) is 2. The van der Waals surface area contributed by atoms with Crippen LogP contribution in [0.15, 0.2) is 60.7 Å². The molecule has 0 saturated carbocycles. The molecule has 0 atom stereocenters. The summed E-state index contributed by atoms with van der Waals surface area (Å²) >= 11 is 0. The first-order valence-electron chi connectivity index (χ1n) is 8.55. The minimum atomic E-state index is -0.0229. The summed E-state index contributed by atoms with van der Waals surface area (Å²) in [6.45, 7) is 0. The van der Waals surface area contributed by atoms with E-state index in [1.807, 2.05) is 30.3 Å². The molecule has 7 heteroatoms. The van der Waals surface area contributed by atoms with Gasteiger partial charge in [-0.05, 0) is 29.8 Å². The van der Waals surface area contributed by atoms with Gasteiger partial charge in [0.25, 0.3) is 0 Å². The Morgan fingerprint density at radius 3 is 2.18 bits per heavy atom. The first-order valence-corrected chi connectivity index (χ1v) is 8.55. The highest BCUT2D eigenvalue weighted by Crippen LogP contribution is 2.37. The second-order valence-electron chi connectivity index (χ2n) is 6.42. The van der Waals surface area contributed by atoms with Crippen LogP contribution in [0.25, 0.3) is 33.5 Å². The predicted molar refractivity (Wildman–Crippen MR) is 111 cm³/mol. The van der Waals surface area contributed by atoms with Crippen LogP contribution in [0.4, 0.5) is 0 Å². The third kappa shape index (κ3) is 2.95. The topological polar surface area (TPSA) is 149 Å². The van der Waals surface area contributed by atoms with Crippen molar-refractivity contribution >= 4 is 22.7 Å². The van der Waals surface area contributed by atoms with E-state index in [1.54, 1.807) is 30.3 Å². The molecule has 0 spiro atoms. The molecule has 0 aliphatic rings. The number of fused-ring (bicyclic) bond motifs is 1. The summed E-state index contributed by atoms with van der Waals surface area (Å²) in [5, 5.41) is 25.9. The Morgan fingerprint density at radius 2 is 1.50 bits per heavy atom. The van der Waals surface area contributed by atoms with E-state index < -0.39 is 0 Å². The maximum Gasteiger partial charge on any atom is 0.142 e. The second kappa shape index (κ2) is 6.55. The molecule has 0 fully saturated rings. The first-order chi connectivity index (χ1) is 13.4. The monoisotopic (exact) mass is 370 g/mol. The van der Waals surface area contributed by atoms with Gasteiger partial charge in [0.1, 0.15) is 23.2 Å². The molecule has 4 aromatic rings. The van der Waals surface area contributed by atoms with Crippen LogP contribution in [0.5, 0.6) is 5.75 Å². The van der Waals surface area contributed by atoms with Crippen molar-refractivity contribution in [3.63, 3.8) is 0 Å². The first kappa shape index (κ1) is 17.3. The average molecular weight is 370 g/mol. The maximum absolute atomic E-state index is 10.9. The smallest absolute Gasteiger partial charge is 0.142 e. The highest BCUT2D eigenvalue weighted by molar-refractivity contribution is 5.98. The fourth-order valence-electron chi connectivity index (χ4n) is 3.10. The van der Waals surface area contributed by atoms with E-state index in [0.29, 0.717) is 33.6 Å². The van der Waals surface area contributed by atoms with E-state index in [9.17, 15) is 5.11 Å². The summed E-state index contributed by atoms with van der Waals surface area (Å²) in [5.74, 6) is 0.598. The average Bonchev–Trinajstić information content (AvgIpc) is 3.11. The van der Waals surface area contributed by atoms with E-state index in [4.69, 9.17) is 22.3 Å². The van der Waals surface area contributed by atoms with Gasteiger partial charge in [-0.15, -0.1) is 0 Å². The Bertz CT molecular complexity index is 1220. The fourth-order valence-corrected chi connectivity index (χ4v) is 3.10. The van der Waals surface area contributed by atoms with Gasteiger partial charge in [-0.2, -0.15) is 0 Å². The SMILES string of the molecule is N=C(N)c1ccc(-c2cccc(-c3nc4cc(C(=N)N)ccc4[nH]3)c2O)cc1. The number of phenols is 1. The van der Waals surface area contributed by atoms with Gasteiger partial charge in [-0.1, -0.05) is 36.4 Å². The van der Waals surface area contributed by atoms with Gasteiger partial charge in [0.15, 0.2) is 0 Å². The fraction of sp³-hybridized carbons (Fsp3) is 0. The number of aromatic amines is 1. The Kier molecular flexibility index (Phi) is 4.04. The molecule has 0 amide bonds. The zero-order chi connectivity index (χ0) is 19.8. The lowest BCUT2D eigenvalue weighted by Crippen LogP contribution is -2.10. The van der Waals surface area contributed by atoms with Crippen molar-refractivity contribution in [2.24, 2.45) is 11.5 Å². The molecule has 0 saturated heterocycles. The van der Waals surface area contributed by atoms with Crippen LogP contribution >= 0.6 is 0 Å². The molecule has 0 unspecified atom stereocenters. The van der Waals surface area contributed by atoms with Crippen molar-refractivity contribution in [2.75, 3.05) is 0 Å². The van der Waals surface area contributed by atoms with Crippen LogP contribution < -0.4 is 11.5 Å². The molecule has 0 bridgehead atoms. The molecule has 1 aromatic heterocycles. The Hall–Kier alpha value is -4.13. The minimum absolute atomic E-state index is 0.00303. The molecule has 0 aliphatic heterocycles. The quantitative estimate of drug-likeness (QED) is 0.242. The van der Waals surface area contributed by atoms with Gasteiger partial charge >= 0.3 is 0 Å². The molecule has 28 heavy (non-hydrogen) atoms. The van der Waals surface area contributed by atoms with Gasteiger partial charge in [-0.25, -0.2) is 4.98 Å². The molecular formula is C21H18N6O. The zero-order valence-corrected chi connectivity index (χ0v) is 14.8. The van der Waals surface area contributed by atoms with Gasteiger partial charge in [0.05, 0.1) is 16.6 Å². The molecule has 0 radical (unpaired) electrons. The van der Waals surface area contributed by atoms with Gasteiger partial charge < -0.3 is 21.6 Å². The van der Waals surface area contributed by atoms with Crippen molar-refractivity contribution in [1.29, 1.82) is 10.8 Å². The number of nitrogens with one attached hydrogen (secondary N) is 3. The van der Waals surface area contributed by atoms with Crippen molar-refractivity contribution in [3.8, 4) is 28.3 Å². The number of hydrogen-bond acceptors (Lipinski definition) is 4. The van der Waals surface area contributed by atoms with Crippen LogP contribution in [0, 0.1) is 10.8 Å². The number of phenolic OH excluding ortho intramolecular Hbond substituents is 1. The van der Waals surface area contributed by atoms with Gasteiger partial charge in [0.2, 0.25) is 0 Å². The highest BCUT2D eigenvalue weighted by Gasteiger charge is 2.14. The molecule has 138 valence electrons. The standard InChI is InChI=1S/C21H18N6O/c22-19(23)12-6-4-11(5-7-12)14-2-1-3-15(18(14)28)21-26-16-9-8-13(20(24)25)10-17(16)27-21/h1-10,28H,(H3,22,23)(H3,24,25)(H,26,27). The summed E-state index contributed by atoms with van der Waals surface area (Å²) in [7, 11) is 0. The van der Waals surface area contributed by atoms with Crippen molar-refractivity contribution in [2.45, 2.75) is 0 Å². The number of aromatic nitrogens is 2. The molecule has 3 aromatic carbocycles. The highest BCUT2D eigenvalue weighted by atomic mass is 16.3. The summed E-state index contributed by atoms with van der Waals surface area (Å²) in [6, 6.07) is 17.9. The van der Waals surface area contributed by atoms with Gasteiger partial charge in [0, 0.05) is 16.7 Å². The zero-order valence-electron chi connectivity index (χ0n) is 14.8. The number of para-hydroxylation sites is 1. The Labute approximate surface area is 160 Å². The van der Waals surface area contributed by atoms with Crippen LogP contribution in [0.2, 0.25) is 0 Å². The summed E-state index contributed by atoms with van der Waals surface area (Å²) in [4.78, 5) is 7.74. The lowest BCUT2D eigenvalue weighted by molar-refractivity contribution is 0.479. The lowest BCUT2D eigenvalue weighted by Gasteiger charge is -2.09. The largest absolute Gasteiger partial charge is 0.507 e. The second-order valence-corrected chi connectivity index (χ2v) is 6.42.